The molecule has 0 atom stereocenters. The first-order valence-corrected chi connectivity index (χ1v) is 9.19. The van der Waals surface area contributed by atoms with Crippen molar-refractivity contribution in [2.75, 3.05) is 19.0 Å². The third-order valence-corrected chi connectivity index (χ3v) is 4.81. The summed E-state index contributed by atoms with van der Waals surface area (Å²) in [4.78, 5) is 15.3. The van der Waals surface area contributed by atoms with Crippen molar-refractivity contribution in [2.24, 2.45) is 0 Å². The summed E-state index contributed by atoms with van der Waals surface area (Å²) >= 11 is 5.31. The van der Waals surface area contributed by atoms with Crippen LogP contribution >= 0.6 is 12.2 Å². The predicted molar refractivity (Wildman–Crippen MR) is 115 cm³/mol. The first-order chi connectivity index (χ1) is 13.0. The molecular weight excluding hydrogens is 358 g/mol. The standard InChI is InChI=1S/C21H23N3O2S/c1-13-10-16-12-15(20(25)24-19(16)11-14(13)2)8-9-22-21(27)23-17-4-6-18(26-3)7-5-17/h4-7,10-12H,8-9H2,1-3H3,(H,24,25)(H2,22,23,27). The van der Waals surface area contributed by atoms with Gasteiger partial charge in [-0.3, -0.25) is 4.79 Å². The number of H-pyrrole nitrogens is 1. The van der Waals surface area contributed by atoms with E-state index in [9.17, 15) is 4.79 Å². The Labute approximate surface area is 163 Å². The molecule has 5 nitrogen and oxygen atoms in total. The lowest BCUT2D eigenvalue weighted by Gasteiger charge is -2.11. The van der Waals surface area contributed by atoms with Gasteiger partial charge in [0.2, 0.25) is 0 Å². The molecule has 0 spiro atoms. The number of anilines is 1. The van der Waals surface area contributed by atoms with E-state index >= 15 is 0 Å². The average molecular weight is 382 g/mol. The number of aromatic nitrogens is 1. The third kappa shape index (κ3) is 4.65. The fraction of sp³-hybridized carbons (Fsp3) is 0.238. The van der Waals surface area contributed by atoms with Crippen molar-refractivity contribution in [1.29, 1.82) is 0 Å². The molecule has 0 amide bonds. The van der Waals surface area contributed by atoms with Crippen molar-refractivity contribution in [3.8, 4) is 5.75 Å². The van der Waals surface area contributed by atoms with Crippen LogP contribution < -0.4 is 20.9 Å². The van der Waals surface area contributed by atoms with Crippen molar-refractivity contribution in [3.63, 3.8) is 0 Å². The SMILES string of the molecule is COc1ccc(NC(=S)NCCc2cc3cc(C)c(C)cc3[nH]c2=O)cc1. The summed E-state index contributed by atoms with van der Waals surface area (Å²) in [6.45, 7) is 4.69. The molecule has 0 bridgehead atoms. The number of fused-ring (bicyclic) bond motifs is 1. The summed E-state index contributed by atoms with van der Waals surface area (Å²) in [5.41, 5.74) is 4.82. The summed E-state index contributed by atoms with van der Waals surface area (Å²) in [5.74, 6) is 0.792. The van der Waals surface area contributed by atoms with E-state index in [0.717, 1.165) is 27.9 Å². The van der Waals surface area contributed by atoms with Crippen LogP contribution in [0.1, 0.15) is 16.7 Å². The lowest BCUT2D eigenvalue weighted by atomic mass is 10.0. The largest absolute Gasteiger partial charge is 0.497 e. The summed E-state index contributed by atoms with van der Waals surface area (Å²) in [6.07, 6.45) is 0.586. The molecule has 140 valence electrons. The molecule has 0 aliphatic heterocycles. The van der Waals surface area contributed by atoms with Crippen LogP contribution in [0.2, 0.25) is 0 Å². The smallest absolute Gasteiger partial charge is 0.251 e. The Morgan fingerprint density at radius 3 is 2.52 bits per heavy atom. The second kappa shape index (κ2) is 8.22. The lowest BCUT2D eigenvalue weighted by Crippen LogP contribution is -2.31. The van der Waals surface area contributed by atoms with Gasteiger partial charge in [-0.05, 0) is 91.5 Å². The lowest BCUT2D eigenvalue weighted by molar-refractivity contribution is 0.415. The number of nitrogens with one attached hydrogen (secondary N) is 3. The monoisotopic (exact) mass is 381 g/mol. The predicted octanol–water partition coefficient (Wildman–Crippen LogP) is 3.68. The molecule has 0 aliphatic carbocycles. The number of hydrogen-bond donors (Lipinski definition) is 3. The van der Waals surface area contributed by atoms with Gasteiger partial charge in [0.05, 0.1) is 7.11 Å². The highest BCUT2D eigenvalue weighted by Gasteiger charge is 2.06. The van der Waals surface area contributed by atoms with E-state index in [1.165, 1.54) is 11.1 Å². The van der Waals surface area contributed by atoms with E-state index in [1.54, 1.807) is 7.11 Å². The number of benzene rings is 2. The molecule has 1 aromatic heterocycles. The second-order valence-corrected chi connectivity index (χ2v) is 6.92. The van der Waals surface area contributed by atoms with Crippen LogP contribution in [0.5, 0.6) is 5.75 Å². The van der Waals surface area contributed by atoms with E-state index < -0.39 is 0 Å². The molecule has 3 aromatic rings. The van der Waals surface area contributed by atoms with Crippen molar-refractivity contribution in [3.05, 3.63) is 69.5 Å². The summed E-state index contributed by atoms with van der Waals surface area (Å²) in [6, 6.07) is 13.6. The fourth-order valence-corrected chi connectivity index (χ4v) is 3.09. The zero-order valence-electron chi connectivity index (χ0n) is 15.7. The molecule has 0 saturated carbocycles. The van der Waals surface area contributed by atoms with Crippen LogP contribution in [0.3, 0.4) is 0 Å². The topological polar surface area (TPSA) is 66.2 Å². The Morgan fingerprint density at radius 2 is 1.81 bits per heavy atom. The van der Waals surface area contributed by atoms with E-state index in [-0.39, 0.29) is 5.56 Å². The van der Waals surface area contributed by atoms with Gasteiger partial charge in [-0.2, -0.15) is 0 Å². The Kier molecular flexibility index (Phi) is 5.76. The summed E-state index contributed by atoms with van der Waals surface area (Å²) < 4.78 is 5.13. The minimum atomic E-state index is -0.0541. The van der Waals surface area contributed by atoms with Crippen molar-refractivity contribution in [2.45, 2.75) is 20.3 Å². The molecule has 3 rings (SSSR count). The maximum Gasteiger partial charge on any atom is 0.251 e. The minimum absolute atomic E-state index is 0.0541. The van der Waals surface area contributed by atoms with Gasteiger partial charge in [0, 0.05) is 23.3 Å². The molecule has 0 fully saturated rings. The quantitative estimate of drug-likeness (QED) is 0.589. The fourth-order valence-electron chi connectivity index (χ4n) is 2.87. The van der Waals surface area contributed by atoms with Crippen LogP contribution in [0.4, 0.5) is 5.69 Å². The Balaban J connectivity index is 1.60. The van der Waals surface area contributed by atoms with Gasteiger partial charge in [0.1, 0.15) is 5.75 Å². The highest BCUT2D eigenvalue weighted by atomic mass is 32.1. The summed E-state index contributed by atoms with van der Waals surface area (Å²) in [5, 5.41) is 7.82. The first-order valence-electron chi connectivity index (χ1n) is 8.78. The Bertz CT molecular complexity index is 1030. The maximum atomic E-state index is 12.3. The zero-order valence-corrected chi connectivity index (χ0v) is 16.5. The van der Waals surface area contributed by atoms with E-state index in [0.29, 0.717) is 18.1 Å². The number of thiocarbonyl (C=S) groups is 1. The number of rotatable bonds is 5. The Hall–Kier alpha value is -2.86. The normalized spacial score (nSPS) is 10.6. The molecule has 1 heterocycles. The highest BCUT2D eigenvalue weighted by molar-refractivity contribution is 7.80. The first kappa shape index (κ1) is 18.9. The molecular formula is C21H23N3O2S. The van der Waals surface area contributed by atoms with E-state index in [2.05, 4.69) is 28.6 Å². The average Bonchev–Trinajstić information content (AvgIpc) is 2.64. The van der Waals surface area contributed by atoms with E-state index in [1.807, 2.05) is 43.3 Å². The Morgan fingerprint density at radius 1 is 1.11 bits per heavy atom. The third-order valence-electron chi connectivity index (χ3n) is 4.56. The van der Waals surface area contributed by atoms with Crippen molar-refractivity contribution in [1.82, 2.24) is 10.3 Å². The molecule has 0 unspecified atom stereocenters. The van der Waals surface area contributed by atoms with Crippen molar-refractivity contribution >= 4 is 33.9 Å². The van der Waals surface area contributed by atoms with Gasteiger partial charge in [-0.1, -0.05) is 0 Å². The molecule has 27 heavy (non-hydrogen) atoms. The van der Waals surface area contributed by atoms with Crippen LogP contribution in [0.25, 0.3) is 10.9 Å². The van der Waals surface area contributed by atoms with Gasteiger partial charge in [-0.15, -0.1) is 0 Å². The van der Waals surface area contributed by atoms with Gasteiger partial charge >= 0.3 is 0 Å². The minimum Gasteiger partial charge on any atom is -0.497 e. The van der Waals surface area contributed by atoms with Crippen LogP contribution in [-0.2, 0) is 6.42 Å². The molecule has 3 N–H and O–H groups in total. The molecule has 0 aliphatic rings. The van der Waals surface area contributed by atoms with Gasteiger partial charge in [-0.25, -0.2) is 0 Å². The number of aromatic amines is 1. The highest BCUT2D eigenvalue weighted by Crippen LogP contribution is 2.17. The number of ether oxygens (including phenoxy) is 1. The van der Waals surface area contributed by atoms with Gasteiger partial charge in [0.15, 0.2) is 5.11 Å². The van der Waals surface area contributed by atoms with Gasteiger partial charge in [0.25, 0.3) is 5.56 Å². The number of pyridine rings is 1. The summed E-state index contributed by atoms with van der Waals surface area (Å²) in [7, 11) is 1.63. The number of aryl methyl sites for hydroxylation is 2. The molecule has 0 radical (unpaired) electrons. The maximum absolute atomic E-state index is 12.3. The number of hydrogen-bond acceptors (Lipinski definition) is 3. The van der Waals surface area contributed by atoms with Crippen LogP contribution in [-0.4, -0.2) is 23.8 Å². The number of methoxy groups -OCH3 is 1. The van der Waals surface area contributed by atoms with E-state index in [4.69, 9.17) is 17.0 Å². The molecule has 6 heteroatoms. The second-order valence-electron chi connectivity index (χ2n) is 6.51. The molecule has 0 saturated heterocycles. The van der Waals surface area contributed by atoms with Crippen molar-refractivity contribution < 1.29 is 4.74 Å². The van der Waals surface area contributed by atoms with Gasteiger partial charge < -0.3 is 20.4 Å². The molecule has 2 aromatic carbocycles. The van der Waals surface area contributed by atoms with Crippen LogP contribution in [0.15, 0.2) is 47.3 Å². The zero-order chi connectivity index (χ0) is 19.4. The van der Waals surface area contributed by atoms with Crippen LogP contribution in [0, 0.1) is 13.8 Å².